The third-order valence-electron chi connectivity index (χ3n) is 17.8. The average Bonchev–Trinajstić information content (AvgIpc) is 2.37. The largest absolute Gasteiger partial charge is 0.464 e. The zero-order valence-corrected chi connectivity index (χ0v) is 68.8. The summed E-state index contributed by atoms with van der Waals surface area (Å²) in [4.78, 5) is 89.7. The van der Waals surface area contributed by atoms with E-state index in [0.29, 0.717) is 51.9 Å². The topological polar surface area (TPSA) is 222 Å². The van der Waals surface area contributed by atoms with Crippen LogP contribution in [0.15, 0.2) is 87.1 Å². The molecule has 0 saturated heterocycles. The number of nitrogens with one attached hydrogen (secondary N) is 4. The SMILES string of the molecule is C=CC(=O)NCCOC(=O)CCCCCCC/C=C\C/C=C\CCCCC.C=CC(=O)NCCOC(=O)CCCCCCC/C=C\CCCCCCCC.C=CC(=O)NCCOC(=O)CCCCCCCCCCCCCCC.C=CC(=O)NCCOC(=O)CCCCCCCCCCCCCCCCC. The van der Waals surface area contributed by atoms with Crippen molar-refractivity contribution in [3.63, 3.8) is 0 Å². The highest BCUT2D eigenvalue weighted by molar-refractivity contribution is 5.88. The van der Waals surface area contributed by atoms with Crippen molar-refractivity contribution >= 4 is 47.5 Å². The minimum Gasteiger partial charge on any atom is -0.464 e. The highest BCUT2D eigenvalue weighted by Gasteiger charge is 2.08. The summed E-state index contributed by atoms with van der Waals surface area (Å²) in [5.74, 6) is -1.69. The van der Waals surface area contributed by atoms with Crippen LogP contribution >= 0.6 is 0 Å². The van der Waals surface area contributed by atoms with E-state index in [1.165, 1.54) is 288 Å². The maximum absolute atomic E-state index is 11.5. The van der Waals surface area contributed by atoms with E-state index in [2.05, 4.69) is 112 Å². The van der Waals surface area contributed by atoms with Gasteiger partial charge in [0.05, 0.1) is 26.2 Å². The molecule has 0 aliphatic heterocycles. The van der Waals surface area contributed by atoms with E-state index < -0.39 is 0 Å². The van der Waals surface area contributed by atoms with Crippen LogP contribution < -0.4 is 21.3 Å². The second kappa shape index (κ2) is 95.0. The molecule has 0 aliphatic carbocycles. The van der Waals surface area contributed by atoms with Gasteiger partial charge in [0.1, 0.15) is 26.4 Å². The molecule has 614 valence electrons. The number of carbonyl (C=O) groups is 8. The Morgan fingerprint density at radius 3 is 0.585 bits per heavy atom. The number of rotatable bonds is 75. The molecule has 0 bridgehead atoms. The van der Waals surface area contributed by atoms with Crippen LogP contribution in [-0.4, -0.2) is 100 Å². The number of carbonyl (C=O) groups excluding carboxylic acids is 8. The predicted octanol–water partition coefficient (Wildman–Crippen LogP) is 22.9. The summed E-state index contributed by atoms with van der Waals surface area (Å²) >= 11 is 0. The van der Waals surface area contributed by atoms with E-state index in [0.717, 1.165) is 70.6 Å². The Morgan fingerprint density at radius 2 is 0.387 bits per heavy atom. The fourth-order valence-electron chi connectivity index (χ4n) is 11.3. The lowest BCUT2D eigenvalue weighted by atomic mass is 10.0. The Hall–Kier alpha value is -6.06. The fourth-order valence-corrected chi connectivity index (χ4v) is 11.3. The Labute approximate surface area is 649 Å². The molecule has 0 spiro atoms. The standard InChI is InChI=1S/C23H43NO3.C23H41NO3.C23H39NO3.C21H39NO3/c3*1-3-5-6-7-8-9-10-11-12-13-14-15-16-17-18-19-23(26)27-21-20-24-22(25)4-2;1-3-5-6-7-8-9-10-11-12-13-14-15-16-17-21(24)25-19-18-22-20(23)4-2/h4H,2-3,5-21H2,1H3,(H,24,25);4,11-12H,2-3,5-10,13-21H2,1H3,(H,24,25);4,8-9,11-12H,2-3,5-7,10,13-21H2,1H3,(H,24,25);4H,2-3,5-19H2,1H3,(H,22,23)/b;12-11-;9-8-,12-11-;. The normalized spacial score (nSPS) is 10.8. The molecule has 16 heteroatoms. The lowest BCUT2D eigenvalue weighted by Crippen LogP contribution is -2.26. The van der Waals surface area contributed by atoms with E-state index in [1.54, 1.807) is 0 Å². The molecule has 0 unspecified atom stereocenters. The lowest BCUT2D eigenvalue weighted by molar-refractivity contribution is -0.144. The molecule has 4 N–H and O–H groups in total. The molecular weight excluding hydrogens is 1330 g/mol. The molecule has 0 aromatic rings. The van der Waals surface area contributed by atoms with Crippen molar-refractivity contribution in [3.05, 3.63) is 87.1 Å². The van der Waals surface area contributed by atoms with Crippen LogP contribution in [0.3, 0.4) is 0 Å². The van der Waals surface area contributed by atoms with Crippen LogP contribution in [0.25, 0.3) is 0 Å². The van der Waals surface area contributed by atoms with Gasteiger partial charge in [0.2, 0.25) is 23.6 Å². The number of ether oxygens (including phenoxy) is 4. The van der Waals surface area contributed by atoms with Gasteiger partial charge in [-0.15, -0.1) is 0 Å². The average molecular weight is 1490 g/mol. The first-order chi connectivity index (χ1) is 51.8. The number of esters is 4. The van der Waals surface area contributed by atoms with Gasteiger partial charge in [-0.2, -0.15) is 0 Å². The minimum absolute atomic E-state index is 0.169. The van der Waals surface area contributed by atoms with Gasteiger partial charge >= 0.3 is 23.9 Å². The van der Waals surface area contributed by atoms with Crippen molar-refractivity contribution in [3.8, 4) is 0 Å². The first kappa shape index (κ1) is 106. The van der Waals surface area contributed by atoms with Crippen LogP contribution in [0.4, 0.5) is 0 Å². The van der Waals surface area contributed by atoms with Crippen LogP contribution in [0.5, 0.6) is 0 Å². The molecule has 0 atom stereocenters. The van der Waals surface area contributed by atoms with Gasteiger partial charge in [0, 0.05) is 25.7 Å². The summed E-state index contributed by atoms with van der Waals surface area (Å²) in [7, 11) is 0. The van der Waals surface area contributed by atoms with Crippen molar-refractivity contribution in [2.75, 3.05) is 52.6 Å². The molecule has 106 heavy (non-hydrogen) atoms. The van der Waals surface area contributed by atoms with Gasteiger partial charge < -0.3 is 40.2 Å². The number of amides is 4. The van der Waals surface area contributed by atoms with Crippen molar-refractivity contribution in [2.45, 2.75) is 387 Å². The molecule has 0 rings (SSSR count). The Bertz CT molecular complexity index is 2140. The first-order valence-corrected chi connectivity index (χ1v) is 43.0. The highest BCUT2D eigenvalue weighted by Crippen LogP contribution is 2.17. The molecule has 0 saturated carbocycles. The summed E-state index contributed by atoms with van der Waals surface area (Å²) in [6, 6.07) is 0. The monoisotopic (exact) mass is 1490 g/mol. The summed E-state index contributed by atoms with van der Waals surface area (Å²) in [5, 5.41) is 10.3. The second-order valence-corrected chi connectivity index (χ2v) is 27.9. The van der Waals surface area contributed by atoms with E-state index in [9.17, 15) is 38.4 Å². The summed E-state index contributed by atoms with van der Waals surface area (Å²) in [6.45, 7) is 24.7. The zero-order chi connectivity index (χ0) is 78.6. The third-order valence-corrected chi connectivity index (χ3v) is 17.8. The number of allylic oxidation sites excluding steroid dienone is 6. The molecule has 16 nitrogen and oxygen atoms in total. The van der Waals surface area contributed by atoms with Gasteiger partial charge in [-0.05, 0) is 108 Å². The Balaban J connectivity index is -0.000000655. The molecule has 0 aliphatic rings. The van der Waals surface area contributed by atoms with E-state index in [4.69, 9.17) is 18.9 Å². The van der Waals surface area contributed by atoms with E-state index >= 15 is 0 Å². The fraction of sp³-hybridized carbons (Fsp3) is 0.756. The molecule has 0 aromatic carbocycles. The maximum atomic E-state index is 11.5. The number of unbranched alkanes of at least 4 members (excludes halogenated alkanes) is 45. The zero-order valence-electron chi connectivity index (χ0n) is 68.8. The van der Waals surface area contributed by atoms with Crippen molar-refractivity contribution in [2.24, 2.45) is 0 Å². The highest BCUT2D eigenvalue weighted by atomic mass is 16.5. The predicted molar refractivity (Wildman–Crippen MR) is 445 cm³/mol. The molecular formula is C90H162N4O12. The van der Waals surface area contributed by atoms with Crippen LogP contribution in [0.2, 0.25) is 0 Å². The van der Waals surface area contributed by atoms with E-state index in [1.807, 2.05) is 0 Å². The smallest absolute Gasteiger partial charge is 0.305 e. The van der Waals surface area contributed by atoms with Crippen LogP contribution in [-0.2, 0) is 57.3 Å². The third kappa shape index (κ3) is 100.0. The Morgan fingerprint density at radius 1 is 0.226 bits per heavy atom. The Kier molecular flexibility index (Phi) is 95.3. The lowest BCUT2D eigenvalue weighted by Gasteiger charge is -2.05. The first-order valence-electron chi connectivity index (χ1n) is 43.0. The van der Waals surface area contributed by atoms with Gasteiger partial charge in [-0.3, -0.25) is 38.4 Å². The molecule has 4 amide bonds. The van der Waals surface area contributed by atoms with Crippen LogP contribution in [0.1, 0.15) is 387 Å². The van der Waals surface area contributed by atoms with Crippen molar-refractivity contribution < 1.29 is 57.3 Å². The van der Waals surface area contributed by atoms with Gasteiger partial charge in [-0.1, -0.05) is 341 Å². The molecule has 0 radical (unpaired) electrons. The summed E-state index contributed by atoms with van der Waals surface area (Å²) in [6.07, 6.45) is 86.1. The van der Waals surface area contributed by atoms with E-state index in [-0.39, 0.29) is 73.9 Å². The van der Waals surface area contributed by atoms with Gasteiger partial charge in [0.15, 0.2) is 0 Å². The minimum atomic E-state index is -0.250. The summed E-state index contributed by atoms with van der Waals surface area (Å²) in [5.41, 5.74) is 0. The molecule has 0 heterocycles. The van der Waals surface area contributed by atoms with Crippen LogP contribution in [0, 0.1) is 0 Å². The van der Waals surface area contributed by atoms with Gasteiger partial charge in [0.25, 0.3) is 0 Å². The quantitative estimate of drug-likeness (QED) is 0.0147. The molecule has 0 aromatic heterocycles. The second-order valence-electron chi connectivity index (χ2n) is 27.9. The van der Waals surface area contributed by atoms with Crippen molar-refractivity contribution in [1.29, 1.82) is 0 Å². The van der Waals surface area contributed by atoms with Gasteiger partial charge in [-0.25, -0.2) is 0 Å². The number of hydrogen-bond acceptors (Lipinski definition) is 12. The summed E-state index contributed by atoms with van der Waals surface area (Å²) < 4.78 is 20.2. The van der Waals surface area contributed by atoms with Crippen molar-refractivity contribution in [1.82, 2.24) is 21.3 Å². The number of hydrogen-bond donors (Lipinski definition) is 4. The molecule has 0 fully saturated rings. The maximum Gasteiger partial charge on any atom is 0.305 e.